The van der Waals surface area contributed by atoms with Gasteiger partial charge in [-0.1, -0.05) is 6.92 Å². The van der Waals surface area contributed by atoms with Crippen molar-refractivity contribution in [1.82, 2.24) is 10.2 Å². The molecule has 1 aromatic heterocycles. The van der Waals surface area contributed by atoms with Gasteiger partial charge in [0.15, 0.2) is 0 Å². The Bertz CT molecular complexity index is 406. The van der Waals surface area contributed by atoms with Crippen LogP contribution in [-0.4, -0.2) is 37.0 Å². The van der Waals surface area contributed by atoms with E-state index in [0.717, 1.165) is 18.7 Å². The minimum absolute atomic E-state index is 0.0177. The van der Waals surface area contributed by atoms with Gasteiger partial charge >= 0.3 is 0 Å². The van der Waals surface area contributed by atoms with Gasteiger partial charge in [-0.15, -0.1) is 0 Å². The summed E-state index contributed by atoms with van der Waals surface area (Å²) in [6.45, 7) is 6.49. The molecule has 1 aliphatic rings. The van der Waals surface area contributed by atoms with E-state index in [0.29, 0.717) is 5.92 Å². The van der Waals surface area contributed by atoms with Crippen LogP contribution < -0.4 is 5.32 Å². The normalized spacial score (nSPS) is 17.9. The number of hydrogen-bond acceptors (Lipinski definition) is 3. The molecule has 104 valence electrons. The van der Waals surface area contributed by atoms with Crippen LogP contribution in [0.5, 0.6) is 0 Å². The van der Waals surface area contributed by atoms with Gasteiger partial charge in [0.2, 0.25) is 5.91 Å². The van der Waals surface area contributed by atoms with Crippen LogP contribution in [0.3, 0.4) is 0 Å². The summed E-state index contributed by atoms with van der Waals surface area (Å²) in [5.74, 6) is 0.658. The lowest BCUT2D eigenvalue weighted by atomic mass is 9.97. The van der Waals surface area contributed by atoms with Crippen LogP contribution in [0.25, 0.3) is 6.08 Å². The topological polar surface area (TPSA) is 32.3 Å². The molecule has 0 spiro atoms. The van der Waals surface area contributed by atoms with Crippen LogP contribution in [0.2, 0.25) is 0 Å². The van der Waals surface area contributed by atoms with Gasteiger partial charge in [-0.05, 0) is 66.9 Å². The number of nitrogens with zero attached hydrogens (tertiary/aromatic N) is 1. The lowest BCUT2D eigenvalue weighted by Crippen LogP contribution is -2.38. The average Bonchev–Trinajstić information content (AvgIpc) is 2.96. The zero-order valence-corrected chi connectivity index (χ0v) is 12.3. The Labute approximate surface area is 119 Å². The van der Waals surface area contributed by atoms with E-state index in [1.54, 1.807) is 17.4 Å². The largest absolute Gasteiger partial charge is 0.352 e. The van der Waals surface area contributed by atoms with Crippen LogP contribution in [-0.2, 0) is 4.79 Å². The van der Waals surface area contributed by atoms with Gasteiger partial charge in [0, 0.05) is 12.6 Å². The molecule has 1 N–H and O–H groups in total. The molecule has 1 saturated heterocycles. The lowest BCUT2D eigenvalue weighted by Gasteiger charge is -2.30. The number of piperidine rings is 1. The fraction of sp³-hybridized carbons (Fsp3) is 0.533. The van der Waals surface area contributed by atoms with E-state index in [2.05, 4.69) is 17.1 Å². The molecule has 1 aliphatic heterocycles. The second kappa shape index (κ2) is 7.46. The van der Waals surface area contributed by atoms with Gasteiger partial charge in [-0.3, -0.25) is 4.79 Å². The highest BCUT2D eigenvalue weighted by Crippen LogP contribution is 2.15. The van der Waals surface area contributed by atoms with E-state index < -0.39 is 0 Å². The van der Waals surface area contributed by atoms with E-state index in [-0.39, 0.29) is 5.91 Å². The maximum atomic E-state index is 11.7. The number of hydrogen-bond donors (Lipinski definition) is 1. The Morgan fingerprint density at radius 2 is 2.32 bits per heavy atom. The molecule has 0 atom stereocenters. The third-order valence-electron chi connectivity index (χ3n) is 3.69. The molecule has 2 rings (SSSR count). The number of carbonyl (C=O) groups excluding carboxylic acids is 1. The van der Waals surface area contributed by atoms with Crippen LogP contribution in [0.15, 0.2) is 22.9 Å². The van der Waals surface area contributed by atoms with Crippen LogP contribution in [0, 0.1) is 5.92 Å². The molecule has 2 heterocycles. The monoisotopic (exact) mass is 278 g/mol. The second-order valence-electron chi connectivity index (χ2n) is 5.01. The molecular formula is C15H22N2OS. The first kappa shape index (κ1) is 14.3. The Balaban J connectivity index is 1.67. The van der Waals surface area contributed by atoms with Crippen molar-refractivity contribution in [1.29, 1.82) is 0 Å². The van der Waals surface area contributed by atoms with Crippen molar-refractivity contribution < 1.29 is 4.79 Å². The third kappa shape index (κ3) is 4.80. The van der Waals surface area contributed by atoms with E-state index >= 15 is 0 Å². The van der Waals surface area contributed by atoms with Gasteiger partial charge in [0.1, 0.15) is 0 Å². The van der Waals surface area contributed by atoms with Crippen molar-refractivity contribution in [2.75, 3.05) is 26.2 Å². The first-order valence-corrected chi connectivity index (χ1v) is 7.92. The molecular weight excluding hydrogens is 256 g/mol. The highest BCUT2D eigenvalue weighted by Gasteiger charge is 2.17. The minimum Gasteiger partial charge on any atom is -0.352 e. The molecule has 0 unspecified atom stereocenters. The Morgan fingerprint density at radius 1 is 1.53 bits per heavy atom. The third-order valence-corrected chi connectivity index (χ3v) is 4.39. The van der Waals surface area contributed by atoms with Crippen molar-refractivity contribution >= 4 is 23.3 Å². The quantitative estimate of drug-likeness (QED) is 0.840. The summed E-state index contributed by atoms with van der Waals surface area (Å²) in [6, 6.07) is 2.01. The molecule has 19 heavy (non-hydrogen) atoms. The molecule has 1 amide bonds. The maximum absolute atomic E-state index is 11.7. The van der Waals surface area contributed by atoms with Crippen molar-refractivity contribution in [3.63, 3.8) is 0 Å². The second-order valence-corrected chi connectivity index (χ2v) is 5.79. The fourth-order valence-corrected chi connectivity index (χ4v) is 2.98. The summed E-state index contributed by atoms with van der Waals surface area (Å²) >= 11 is 1.64. The van der Waals surface area contributed by atoms with Gasteiger partial charge in [-0.25, -0.2) is 0 Å². The Kier molecular flexibility index (Phi) is 5.61. The molecule has 3 nitrogen and oxygen atoms in total. The lowest BCUT2D eigenvalue weighted by molar-refractivity contribution is -0.116. The Morgan fingerprint density at radius 3 is 2.95 bits per heavy atom. The average molecular weight is 278 g/mol. The standard InChI is InChI=1S/C15H22N2OS/c1-2-17-8-5-13(6-9-17)11-16-15(18)4-3-14-7-10-19-12-14/h3-4,7,10,12-13H,2,5-6,8-9,11H2,1H3,(H,16,18)/b4-3+. The molecule has 0 aromatic carbocycles. The fourth-order valence-electron chi connectivity index (χ4n) is 2.35. The summed E-state index contributed by atoms with van der Waals surface area (Å²) in [6.07, 6.45) is 5.89. The highest BCUT2D eigenvalue weighted by molar-refractivity contribution is 7.08. The van der Waals surface area contributed by atoms with Crippen molar-refractivity contribution in [2.24, 2.45) is 5.92 Å². The van der Waals surface area contributed by atoms with Gasteiger partial charge in [-0.2, -0.15) is 11.3 Å². The van der Waals surface area contributed by atoms with Crippen LogP contribution >= 0.6 is 11.3 Å². The number of likely N-dealkylation sites (tertiary alicyclic amines) is 1. The zero-order valence-electron chi connectivity index (χ0n) is 11.5. The van der Waals surface area contributed by atoms with Crippen LogP contribution in [0.4, 0.5) is 0 Å². The van der Waals surface area contributed by atoms with Crippen molar-refractivity contribution in [3.8, 4) is 0 Å². The van der Waals surface area contributed by atoms with E-state index in [1.807, 2.05) is 22.9 Å². The predicted octanol–water partition coefficient (Wildman–Crippen LogP) is 2.61. The molecule has 0 aliphatic carbocycles. The summed E-state index contributed by atoms with van der Waals surface area (Å²) in [7, 11) is 0. The first-order chi connectivity index (χ1) is 9.28. The molecule has 4 heteroatoms. The number of amides is 1. The SMILES string of the molecule is CCN1CCC(CNC(=O)/C=C/c2ccsc2)CC1. The maximum Gasteiger partial charge on any atom is 0.244 e. The smallest absolute Gasteiger partial charge is 0.244 e. The van der Waals surface area contributed by atoms with Gasteiger partial charge in [0.25, 0.3) is 0 Å². The van der Waals surface area contributed by atoms with Crippen molar-refractivity contribution in [3.05, 3.63) is 28.5 Å². The number of carbonyl (C=O) groups is 1. The minimum atomic E-state index is 0.0177. The van der Waals surface area contributed by atoms with Crippen molar-refractivity contribution in [2.45, 2.75) is 19.8 Å². The molecule has 0 bridgehead atoms. The van der Waals surface area contributed by atoms with Gasteiger partial charge < -0.3 is 10.2 Å². The van der Waals surface area contributed by atoms with E-state index in [1.165, 1.54) is 25.9 Å². The van der Waals surface area contributed by atoms with Gasteiger partial charge in [0.05, 0.1) is 0 Å². The molecule has 0 radical (unpaired) electrons. The molecule has 1 aromatic rings. The summed E-state index contributed by atoms with van der Waals surface area (Å²) in [4.78, 5) is 14.2. The number of rotatable bonds is 5. The van der Waals surface area contributed by atoms with E-state index in [9.17, 15) is 4.79 Å². The van der Waals surface area contributed by atoms with Crippen LogP contribution in [0.1, 0.15) is 25.3 Å². The first-order valence-electron chi connectivity index (χ1n) is 6.98. The molecule has 0 saturated carbocycles. The Hall–Kier alpha value is -1.13. The number of nitrogens with one attached hydrogen (secondary N) is 1. The summed E-state index contributed by atoms with van der Waals surface area (Å²) in [5.41, 5.74) is 1.09. The molecule has 1 fully saturated rings. The highest BCUT2D eigenvalue weighted by atomic mass is 32.1. The number of thiophene rings is 1. The predicted molar refractivity (Wildman–Crippen MR) is 81.2 cm³/mol. The summed E-state index contributed by atoms with van der Waals surface area (Å²) < 4.78 is 0. The van der Waals surface area contributed by atoms with E-state index in [4.69, 9.17) is 0 Å². The zero-order chi connectivity index (χ0) is 13.5. The summed E-state index contributed by atoms with van der Waals surface area (Å²) in [5, 5.41) is 7.05.